The summed E-state index contributed by atoms with van der Waals surface area (Å²) < 4.78 is 0. The van der Waals surface area contributed by atoms with Crippen LogP contribution in [0.4, 0.5) is 11.5 Å². The third kappa shape index (κ3) is 1.94. The molecule has 0 saturated carbocycles. The first-order valence-electron chi connectivity index (χ1n) is 5.45. The van der Waals surface area contributed by atoms with Crippen LogP contribution in [0, 0.1) is 0 Å². The Morgan fingerprint density at radius 3 is 2.67 bits per heavy atom. The molecular weight excluding hydrogens is 266 g/mol. The Morgan fingerprint density at radius 2 is 1.89 bits per heavy atom. The number of halogens is 1. The molecule has 0 aliphatic heterocycles. The van der Waals surface area contributed by atoms with E-state index in [9.17, 15) is 0 Å². The summed E-state index contributed by atoms with van der Waals surface area (Å²) in [7, 11) is 1.98. The summed E-state index contributed by atoms with van der Waals surface area (Å²) in [4.78, 5) is 11.5. The maximum Gasteiger partial charge on any atom is 0.225 e. The number of hydrogen-bond donors (Lipinski definition) is 0. The van der Waals surface area contributed by atoms with E-state index in [0.717, 1.165) is 21.7 Å². The molecule has 5 heteroatoms. The Labute approximate surface area is 114 Å². The molecular formula is C13H10ClN3S. The zero-order valence-corrected chi connectivity index (χ0v) is 11.2. The van der Waals surface area contributed by atoms with Crippen molar-refractivity contribution in [3.05, 3.63) is 47.1 Å². The van der Waals surface area contributed by atoms with Crippen molar-refractivity contribution in [1.82, 2.24) is 9.97 Å². The highest BCUT2D eigenvalue weighted by Crippen LogP contribution is 2.31. The van der Waals surface area contributed by atoms with Gasteiger partial charge in [0.15, 0.2) is 0 Å². The molecule has 0 spiro atoms. The lowest BCUT2D eigenvalue weighted by Gasteiger charge is -2.19. The minimum absolute atomic E-state index is 0.280. The summed E-state index contributed by atoms with van der Waals surface area (Å²) in [5.41, 5.74) is 1.07. The number of benzene rings is 1. The van der Waals surface area contributed by atoms with E-state index in [0.29, 0.717) is 0 Å². The van der Waals surface area contributed by atoms with Crippen LogP contribution in [0.2, 0.25) is 5.28 Å². The van der Waals surface area contributed by atoms with Gasteiger partial charge in [-0.3, -0.25) is 0 Å². The zero-order chi connectivity index (χ0) is 12.5. The van der Waals surface area contributed by atoms with Gasteiger partial charge in [-0.1, -0.05) is 18.2 Å². The lowest BCUT2D eigenvalue weighted by atomic mass is 10.3. The normalized spacial score (nSPS) is 10.8. The summed E-state index contributed by atoms with van der Waals surface area (Å²) in [6, 6.07) is 12.1. The van der Waals surface area contributed by atoms with Crippen molar-refractivity contribution in [3.8, 4) is 0 Å². The molecule has 3 nitrogen and oxygen atoms in total. The maximum atomic E-state index is 5.97. The van der Waals surface area contributed by atoms with Gasteiger partial charge in [0.05, 0.1) is 5.39 Å². The molecule has 2 aromatic heterocycles. The first kappa shape index (κ1) is 11.4. The van der Waals surface area contributed by atoms with Gasteiger partial charge in [0.1, 0.15) is 10.6 Å². The molecule has 0 aliphatic carbocycles. The number of fused-ring (bicyclic) bond motifs is 1. The molecule has 0 aliphatic rings. The topological polar surface area (TPSA) is 29.0 Å². The maximum absolute atomic E-state index is 5.97. The largest absolute Gasteiger partial charge is 0.329 e. The van der Waals surface area contributed by atoms with Crippen LogP contribution in [-0.4, -0.2) is 17.0 Å². The van der Waals surface area contributed by atoms with E-state index in [2.05, 4.69) is 9.97 Å². The number of aromatic nitrogens is 2. The lowest BCUT2D eigenvalue weighted by Crippen LogP contribution is -2.11. The average Bonchev–Trinajstić information content (AvgIpc) is 2.86. The first-order chi connectivity index (χ1) is 8.75. The van der Waals surface area contributed by atoms with Crippen LogP contribution in [0.3, 0.4) is 0 Å². The van der Waals surface area contributed by atoms with E-state index < -0.39 is 0 Å². The van der Waals surface area contributed by atoms with Gasteiger partial charge in [-0.15, -0.1) is 11.3 Å². The number of thiophene rings is 1. The molecule has 3 rings (SSSR count). The van der Waals surface area contributed by atoms with Gasteiger partial charge in [-0.25, -0.2) is 4.98 Å². The van der Waals surface area contributed by atoms with E-state index in [1.165, 1.54) is 0 Å². The predicted molar refractivity (Wildman–Crippen MR) is 76.9 cm³/mol. The number of rotatable bonds is 2. The zero-order valence-electron chi connectivity index (χ0n) is 9.67. The molecule has 3 aromatic rings. The highest BCUT2D eigenvalue weighted by Gasteiger charge is 2.12. The molecule has 0 N–H and O–H groups in total. The summed E-state index contributed by atoms with van der Waals surface area (Å²) in [6.07, 6.45) is 0. The van der Waals surface area contributed by atoms with E-state index in [1.54, 1.807) is 11.3 Å². The third-order valence-corrected chi connectivity index (χ3v) is 3.71. The van der Waals surface area contributed by atoms with Gasteiger partial charge in [0.25, 0.3) is 0 Å². The Bertz CT molecular complexity index is 681. The molecule has 0 saturated heterocycles. The minimum atomic E-state index is 0.280. The second-order valence-electron chi connectivity index (χ2n) is 3.85. The van der Waals surface area contributed by atoms with Crippen molar-refractivity contribution in [3.63, 3.8) is 0 Å². The molecule has 0 radical (unpaired) electrons. The monoisotopic (exact) mass is 275 g/mol. The standard InChI is InChI=1S/C13H10ClN3S/c1-17(9-5-3-2-4-6-9)11-10-7-8-18-12(10)16-13(14)15-11/h2-8H,1H3. The van der Waals surface area contributed by atoms with Crippen molar-refractivity contribution in [1.29, 1.82) is 0 Å². The molecule has 0 amide bonds. The van der Waals surface area contributed by atoms with Gasteiger partial charge in [-0.05, 0) is 35.2 Å². The number of anilines is 2. The lowest BCUT2D eigenvalue weighted by molar-refractivity contribution is 1.12. The molecule has 18 heavy (non-hydrogen) atoms. The van der Waals surface area contributed by atoms with Gasteiger partial charge in [-0.2, -0.15) is 4.98 Å². The minimum Gasteiger partial charge on any atom is -0.329 e. The van der Waals surface area contributed by atoms with Crippen LogP contribution in [0.15, 0.2) is 41.8 Å². The highest BCUT2D eigenvalue weighted by atomic mass is 35.5. The molecule has 0 atom stereocenters. The third-order valence-electron chi connectivity index (χ3n) is 2.74. The Morgan fingerprint density at radius 1 is 1.11 bits per heavy atom. The second kappa shape index (κ2) is 4.55. The van der Waals surface area contributed by atoms with Crippen LogP contribution in [0.25, 0.3) is 10.2 Å². The van der Waals surface area contributed by atoms with Crippen LogP contribution >= 0.6 is 22.9 Å². The fraction of sp³-hybridized carbons (Fsp3) is 0.0769. The molecule has 0 unspecified atom stereocenters. The molecule has 0 fully saturated rings. The first-order valence-corrected chi connectivity index (χ1v) is 6.71. The van der Waals surface area contributed by atoms with Crippen LogP contribution in [0.1, 0.15) is 0 Å². The molecule has 90 valence electrons. The van der Waals surface area contributed by atoms with Crippen molar-refractivity contribution < 1.29 is 0 Å². The fourth-order valence-electron chi connectivity index (χ4n) is 1.84. The summed E-state index contributed by atoms with van der Waals surface area (Å²) in [6.45, 7) is 0. The summed E-state index contributed by atoms with van der Waals surface area (Å²) in [5, 5.41) is 3.30. The quantitative estimate of drug-likeness (QED) is 0.659. The summed E-state index contributed by atoms with van der Waals surface area (Å²) >= 11 is 7.54. The Balaban J connectivity index is 2.17. The number of para-hydroxylation sites is 1. The fourth-order valence-corrected chi connectivity index (χ4v) is 2.82. The van der Waals surface area contributed by atoms with Crippen molar-refractivity contribution in [2.45, 2.75) is 0 Å². The van der Waals surface area contributed by atoms with E-state index >= 15 is 0 Å². The van der Waals surface area contributed by atoms with Gasteiger partial charge >= 0.3 is 0 Å². The average molecular weight is 276 g/mol. The molecule has 0 bridgehead atoms. The SMILES string of the molecule is CN(c1ccccc1)c1nc(Cl)nc2sccc12. The van der Waals surface area contributed by atoms with Gasteiger partial charge in [0.2, 0.25) is 5.28 Å². The van der Waals surface area contributed by atoms with Crippen molar-refractivity contribution in [2.75, 3.05) is 11.9 Å². The van der Waals surface area contributed by atoms with Crippen LogP contribution in [-0.2, 0) is 0 Å². The van der Waals surface area contributed by atoms with Crippen molar-refractivity contribution >= 4 is 44.7 Å². The highest BCUT2D eigenvalue weighted by molar-refractivity contribution is 7.16. The van der Waals surface area contributed by atoms with E-state index in [-0.39, 0.29) is 5.28 Å². The number of hydrogen-bond acceptors (Lipinski definition) is 4. The summed E-state index contributed by atoms with van der Waals surface area (Å²) in [5.74, 6) is 0.831. The van der Waals surface area contributed by atoms with E-state index in [1.807, 2.05) is 53.7 Å². The van der Waals surface area contributed by atoms with Gasteiger partial charge in [0, 0.05) is 12.7 Å². The predicted octanol–water partition coefficient (Wildman–Crippen LogP) is 4.11. The smallest absolute Gasteiger partial charge is 0.225 e. The molecule has 1 aromatic carbocycles. The van der Waals surface area contributed by atoms with Gasteiger partial charge < -0.3 is 4.90 Å². The second-order valence-corrected chi connectivity index (χ2v) is 5.08. The molecule has 2 heterocycles. The van der Waals surface area contributed by atoms with E-state index in [4.69, 9.17) is 11.6 Å². The van der Waals surface area contributed by atoms with Crippen molar-refractivity contribution in [2.24, 2.45) is 0 Å². The Kier molecular flexibility index (Phi) is 2.89. The Hall–Kier alpha value is -1.65. The van der Waals surface area contributed by atoms with Crippen LogP contribution in [0.5, 0.6) is 0 Å². The van der Waals surface area contributed by atoms with Crippen LogP contribution < -0.4 is 4.90 Å². The number of nitrogens with zero attached hydrogens (tertiary/aromatic N) is 3.